The Kier molecular flexibility index (Phi) is 18.2. The highest BCUT2D eigenvalue weighted by molar-refractivity contribution is 6.70. The van der Waals surface area contributed by atoms with Gasteiger partial charge in [-0.1, -0.05) is 56.7 Å². The molecular weight excluding hydrogens is 688 g/mol. The number of esters is 2. The Labute approximate surface area is 307 Å². The van der Waals surface area contributed by atoms with Crippen LogP contribution in [0.15, 0.2) is 48.1 Å². The third kappa shape index (κ3) is 18.2. The molecule has 0 saturated carbocycles. The number of alkyl halides is 1. The Morgan fingerprint density at radius 3 is 2.12 bits per heavy atom. The van der Waals surface area contributed by atoms with Gasteiger partial charge < -0.3 is 22.8 Å². The molecule has 0 aromatic heterocycles. The minimum Gasteiger partial charge on any atom is -0.459 e. The SMILES string of the molecule is C=C(CCl)C[C@H]1C/C=C/[C@H](O[Si](C)(C)C)[C@@H](C)/C(C)=C/C(=O)O[C@@H](C[C@@H](C)[C@H](C)O[Si](C)(C)C)[C@H](C)C/C=C/[C@](C)(O[Si](C)(C)C)C(=O)O1. The fourth-order valence-corrected chi connectivity index (χ4v) is 9.71. The van der Waals surface area contributed by atoms with Crippen molar-refractivity contribution in [2.75, 3.05) is 5.88 Å². The van der Waals surface area contributed by atoms with Crippen LogP contribution in [0.25, 0.3) is 0 Å². The zero-order valence-electron chi connectivity index (χ0n) is 33.4. The first-order valence-corrected chi connectivity index (χ1v) is 28.7. The Morgan fingerprint density at radius 2 is 1.59 bits per heavy atom. The molecule has 0 aromatic rings. The van der Waals surface area contributed by atoms with E-state index in [-0.39, 0.29) is 47.9 Å². The summed E-state index contributed by atoms with van der Waals surface area (Å²) >= 11 is 6.12. The lowest BCUT2D eigenvalue weighted by Crippen LogP contribution is -2.47. The van der Waals surface area contributed by atoms with Gasteiger partial charge in [-0.2, -0.15) is 0 Å². The lowest BCUT2D eigenvalue weighted by Gasteiger charge is -2.34. The predicted octanol–water partition coefficient (Wildman–Crippen LogP) is 10.2. The molecule has 1 rings (SSSR count). The third-order valence-electron chi connectivity index (χ3n) is 8.46. The highest BCUT2D eigenvalue weighted by atomic mass is 35.5. The van der Waals surface area contributed by atoms with Crippen molar-refractivity contribution in [3.8, 4) is 0 Å². The first kappa shape index (κ1) is 45.7. The van der Waals surface area contributed by atoms with Crippen molar-refractivity contribution in [3.05, 3.63) is 48.1 Å². The van der Waals surface area contributed by atoms with Crippen molar-refractivity contribution in [2.45, 2.75) is 156 Å². The molecule has 0 aliphatic carbocycles. The molecule has 0 radical (unpaired) electrons. The van der Waals surface area contributed by atoms with Gasteiger partial charge in [-0.3, -0.25) is 0 Å². The van der Waals surface area contributed by atoms with Crippen molar-refractivity contribution < 1.29 is 32.3 Å². The van der Waals surface area contributed by atoms with E-state index in [1.807, 2.05) is 31.2 Å². The standard InChI is InChI=1S/C38H69ClO7Si3/c1-27(26-39)23-33-20-17-21-34(45-48(11,12)13)31(5)29(3)25-36(40)43-35(24-30(4)32(6)44-47(8,9)10)28(2)19-18-22-38(7,37(41)42-33)46-49(14,15)16/h17-18,21-22,25,28,30-35H,1,19-20,23-24,26H2,2-16H3/b21-17+,22-18+,29-25+/t28-,30-,31+,32+,33-,34+,35+,38+/m1/s1. The number of allylic oxidation sites excluding steroid dienone is 1. The van der Waals surface area contributed by atoms with Gasteiger partial charge in [0.2, 0.25) is 0 Å². The molecule has 0 amide bonds. The number of cyclic esters (lactones) is 2. The second kappa shape index (κ2) is 19.5. The molecule has 0 fully saturated rings. The molecule has 1 aliphatic heterocycles. The van der Waals surface area contributed by atoms with Crippen LogP contribution >= 0.6 is 11.6 Å². The van der Waals surface area contributed by atoms with Crippen LogP contribution < -0.4 is 0 Å². The van der Waals surface area contributed by atoms with E-state index in [1.54, 1.807) is 13.0 Å². The van der Waals surface area contributed by atoms with Gasteiger partial charge in [-0.05, 0) is 110 Å². The van der Waals surface area contributed by atoms with Gasteiger partial charge in [0.05, 0.1) is 6.10 Å². The molecule has 0 saturated heterocycles. The van der Waals surface area contributed by atoms with Crippen LogP contribution in [0, 0.1) is 17.8 Å². The summed E-state index contributed by atoms with van der Waals surface area (Å²) in [6.07, 6.45) is 10.5. The van der Waals surface area contributed by atoms with E-state index in [2.05, 4.69) is 93.2 Å². The quantitative estimate of drug-likeness (QED) is 0.0849. The second-order valence-electron chi connectivity index (χ2n) is 17.2. The molecule has 11 heteroatoms. The number of rotatable bonds is 12. The van der Waals surface area contributed by atoms with Crippen molar-refractivity contribution in [1.82, 2.24) is 0 Å². The van der Waals surface area contributed by atoms with E-state index in [1.165, 1.54) is 0 Å². The van der Waals surface area contributed by atoms with Crippen molar-refractivity contribution in [1.29, 1.82) is 0 Å². The van der Waals surface area contributed by atoms with E-state index in [0.717, 1.165) is 11.1 Å². The number of carbonyl (C=O) groups excluding carboxylic acids is 2. The maximum Gasteiger partial charge on any atom is 0.341 e. The van der Waals surface area contributed by atoms with Crippen molar-refractivity contribution in [2.24, 2.45) is 17.8 Å². The van der Waals surface area contributed by atoms with Gasteiger partial charge in [0, 0.05) is 36.8 Å². The summed E-state index contributed by atoms with van der Waals surface area (Å²) in [6.45, 7) is 35.4. The molecule has 8 atom stereocenters. The maximum absolute atomic E-state index is 14.0. The van der Waals surface area contributed by atoms with E-state index in [4.69, 9.17) is 34.4 Å². The normalized spacial score (nSPS) is 30.9. The molecule has 0 spiro atoms. The molecule has 0 bridgehead atoms. The molecule has 0 unspecified atom stereocenters. The van der Waals surface area contributed by atoms with E-state index >= 15 is 0 Å². The number of hydrogen-bond donors (Lipinski definition) is 0. The molecule has 0 aromatic carbocycles. The zero-order valence-corrected chi connectivity index (χ0v) is 37.2. The second-order valence-corrected chi connectivity index (χ2v) is 30.8. The monoisotopic (exact) mass is 756 g/mol. The molecule has 1 aliphatic rings. The van der Waals surface area contributed by atoms with Crippen LogP contribution in [0.5, 0.6) is 0 Å². The van der Waals surface area contributed by atoms with Crippen LogP contribution in [-0.2, 0) is 32.3 Å². The topological polar surface area (TPSA) is 80.3 Å². The lowest BCUT2D eigenvalue weighted by molar-refractivity contribution is -0.162. The summed E-state index contributed by atoms with van der Waals surface area (Å²) in [5.74, 6) is -0.499. The molecule has 282 valence electrons. The Morgan fingerprint density at radius 1 is 0.980 bits per heavy atom. The summed E-state index contributed by atoms with van der Waals surface area (Å²) < 4.78 is 32.0. The lowest BCUT2D eigenvalue weighted by atomic mass is 9.89. The van der Waals surface area contributed by atoms with Gasteiger partial charge in [0.1, 0.15) is 12.2 Å². The van der Waals surface area contributed by atoms with Gasteiger partial charge in [-0.25, -0.2) is 9.59 Å². The van der Waals surface area contributed by atoms with Crippen LogP contribution in [0.2, 0.25) is 58.9 Å². The minimum absolute atomic E-state index is 0.0238. The highest BCUT2D eigenvalue weighted by Crippen LogP contribution is 2.29. The largest absolute Gasteiger partial charge is 0.459 e. The van der Waals surface area contributed by atoms with Crippen LogP contribution in [0.3, 0.4) is 0 Å². The Balaban J connectivity index is 3.73. The van der Waals surface area contributed by atoms with Gasteiger partial charge >= 0.3 is 11.9 Å². The maximum atomic E-state index is 14.0. The summed E-state index contributed by atoms with van der Waals surface area (Å²) in [5.41, 5.74) is 0.376. The summed E-state index contributed by atoms with van der Waals surface area (Å²) in [4.78, 5) is 27.5. The van der Waals surface area contributed by atoms with Crippen LogP contribution in [0.1, 0.15) is 67.2 Å². The summed E-state index contributed by atoms with van der Waals surface area (Å²) in [7, 11) is -5.94. The van der Waals surface area contributed by atoms with Crippen LogP contribution in [0.4, 0.5) is 0 Å². The fraction of sp³-hybridized carbons (Fsp3) is 0.737. The van der Waals surface area contributed by atoms with E-state index in [9.17, 15) is 9.59 Å². The first-order chi connectivity index (χ1) is 22.2. The number of hydrogen-bond acceptors (Lipinski definition) is 7. The van der Waals surface area contributed by atoms with Gasteiger partial charge in [0.15, 0.2) is 30.6 Å². The number of carbonyl (C=O) groups is 2. The van der Waals surface area contributed by atoms with E-state index in [0.29, 0.717) is 25.7 Å². The highest BCUT2D eigenvalue weighted by Gasteiger charge is 2.39. The average molecular weight is 758 g/mol. The Hall–Kier alpha value is -1.28. The summed E-state index contributed by atoms with van der Waals surface area (Å²) in [5, 5.41) is 0. The van der Waals surface area contributed by atoms with Gasteiger partial charge in [0.25, 0.3) is 0 Å². The first-order valence-electron chi connectivity index (χ1n) is 18.0. The molecule has 0 N–H and O–H groups in total. The van der Waals surface area contributed by atoms with Gasteiger partial charge in [-0.15, -0.1) is 11.6 Å². The number of ether oxygens (including phenoxy) is 2. The third-order valence-corrected chi connectivity index (χ3v) is 11.9. The fourth-order valence-electron chi connectivity index (χ4n) is 5.73. The minimum atomic E-state index is -2.20. The predicted molar refractivity (Wildman–Crippen MR) is 213 cm³/mol. The molecular formula is C38H69ClO7Si3. The van der Waals surface area contributed by atoms with Crippen LogP contribution in [-0.4, -0.2) is 72.8 Å². The molecule has 1 heterocycles. The Bertz CT molecular complexity index is 1180. The average Bonchev–Trinajstić information content (AvgIpc) is 2.92. The van der Waals surface area contributed by atoms with Crippen molar-refractivity contribution >= 4 is 48.5 Å². The smallest absolute Gasteiger partial charge is 0.341 e. The molecule has 49 heavy (non-hydrogen) atoms. The summed E-state index contributed by atoms with van der Waals surface area (Å²) in [6, 6.07) is 0. The van der Waals surface area contributed by atoms with Crippen molar-refractivity contribution in [3.63, 3.8) is 0 Å². The zero-order chi connectivity index (χ0) is 38.0. The van der Waals surface area contributed by atoms with E-state index < -0.39 is 42.6 Å². The molecule has 7 nitrogen and oxygen atoms in total. The number of halogens is 1.